The van der Waals surface area contributed by atoms with Crippen LogP contribution in [0.3, 0.4) is 0 Å². The SMILES string of the molecule is CCCCOC(=O)C1=CCCC1. The van der Waals surface area contributed by atoms with Gasteiger partial charge in [-0.15, -0.1) is 0 Å². The average Bonchev–Trinajstić information content (AvgIpc) is 2.56. The number of ether oxygens (including phenoxy) is 1. The van der Waals surface area contributed by atoms with Gasteiger partial charge in [-0.1, -0.05) is 19.4 Å². The Morgan fingerprint density at radius 2 is 2.50 bits per heavy atom. The summed E-state index contributed by atoms with van der Waals surface area (Å²) in [6, 6.07) is 0. The summed E-state index contributed by atoms with van der Waals surface area (Å²) in [7, 11) is 0. The molecular formula is C10H16O2. The number of hydrogen-bond acceptors (Lipinski definition) is 2. The molecule has 0 radical (unpaired) electrons. The predicted molar refractivity (Wildman–Crippen MR) is 47.8 cm³/mol. The zero-order valence-electron chi connectivity index (χ0n) is 7.64. The van der Waals surface area contributed by atoms with Crippen LogP contribution in [0.2, 0.25) is 0 Å². The number of carbonyl (C=O) groups excluding carboxylic acids is 1. The lowest BCUT2D eigenvalue weighted by Crippen LogP contribution is -2.07. The molecule has 2 nitrogen and oxygen atoms in total. The Bertz CT molecular complexity index is 182. The van der Waals surface area contributed by atoms with Crippen molar-refractivity contribution in [2.24, 2.45) is 0 Å². The number of hydrogen-bond donors (Lipinski definition) is 0. The highest BCUT2D eigenvalue weighted by Crippen LogP contribution is 2.18. The van der Waals surface area contributed by atoms with Crippen molar-refractivity contribution >= 4 is 5.97 Å². The van der Waals surface area contributed by atoms with E-state index in [0.29, 0.717) is 6.61 Å². The van der Waals surface area contributed by atoms with Crippen molar-refractivity contribution in [1.82, 2.24) is 0 Å². The molecule has 1 rings (SSSR count). The van der Waals surface area contributed by atoms with E-state index in [-0.39, 0.29) is 5.97 Å². The van der Waals surface area contributed by atoms with Crippen molar-refractivity contribution in [2.45, 2.75) is 39.0 Å². The molecule has 1 aliphatic rings. The maximum atomic E-state index is 11.2. The van der Waals surface area contributed by atoms with Crippen LogP contribution >= 0.6 is 0 Å². The summed E-state index contributed by atoms with van der Waals surface area (Å²) in [5.41, 5.74) is 0.881. The molecule has 0 aromatic rings. The Kier molecular flexibility index (Phi) is 3.85. The van der Waals surface area contributed by atoms with Crippen LogP contribution in [0.4, 0.5) is 0 Å². The van der Waals surface area contributed by atoms with Crippen molar-refractivity contribution in [3.8, 4) is 0 Å². The molecule has 2 heteroatoms. The van der Waals surface area contributed by atoms with Gasteiger partial charge in [-0.3, -0.25) is 0 Å². The van der Waals surface area contributed by atoms with E-state index in [9.17, 15) is 4.79 Å². The third-order valence-corrected chi connectivity index (χ3v) is 2.03. The largest absolute Gasteiger partial charge is 0.462 e. The van der Waals surface area contributed by atoms with Gasteiger partial charge in [0.25, 0.3) is 0 Å². The van der Waals surface area contributed by atoms with Crippen LogP contribution in [0.25, 0.3) is 0 Å². The first-order chi connectivity index (χ1) is 5.84. The van der Waals surface area contributed by atoms with Gasteiger partial charge in [0.05, 0.1) is 6.61 Å². The van der Waals surface area contributed by atoms with E-state index >= 15 is 0 Å². The van der Waals surface area contributed by atoms with Gasteiger partial charge in [0, 0.05) is 5.57 Å². The molecule has 0 aromatic heterocycles. The summed E-state index contributed by atoms with van der Waals surface area (Å²) in [4.78, 5) is 11.2. The quantitative estimate of drug-likeness (QED) is 0.476. The fraction of sp³-hybridized carbons (Fsp3) is 0.700. The Morgan fingerprint density at radius 1 is 1.67 bits per heavy atom. The highest BCUT2D eigenvalue weighted by molar-refractivity contribution is 5.88. The highest BCUT2D eigenvalue weighted by Gasteiger charge is 2.13. The molecule has 12 heavy (non-hydrogen) atoms. The van der Waals surface area contributed by atoms with Crippen LogP contribution < -0.4 is 0 Å². The molecule has 0 saturated heterocycles. The second-order valence-corrected chi connectivity index (χ2v) is 3.11. The number of carbonyl (C=O) groups is 1. The highest BCUT2D eigenvalue weighted by atomic mass is 16.5. The fourth-order valence-corrected chi connectivity index (χ4v) is 1.26. The second-order valence-electron chi connectivity index (χ2n) is 3.11. The monoisotopic (exact) mass is 168 g/mol. The van der Waals surface area contributed by atoms with Gasteiger partial charge < -0.3 is 4.74 Å². The summed E-state index contributed by atoms with van der Waals surface area (Å²) in [5, 5.41) is 0. The van der Waals surface area contributed by atoms with Gasteiger partial charge in [-0.25, -0.2) is 4.79 Å². The molecule has 0 unspecified atom stereocenters. The van der Waals surface area contributed by atoms with Crippen LogP contribution in [0.1, 0.15) is 39.0 Å². The summed E-state index contributed by atoms with van der Waals surface area (Å²) in [6.45, 7) is 2.66. The normalized spacial score (nSPS) is 15.9. The Hall–Kier alpha value is -0.790. The topological polar surface area (TPSA) is 26.3 Å². The number of unbranched alkanes of at least 4 members (excludes halogenated alkanes) is 1. The molecule has 0 heterocycles. The minimum Gasteiger partial charge on any atom is -0.462 e. The summed E-state index contributed by atoms with van der Waals surface area (Å²) < 4.78 is 5.06. The number of esters is 1. The molecular weight excluding hydrogens is 152 g/mol. The zero-order valence-corrected chi connectivity index (χ0v) is 7.64. The van der Waals surface area contributed by atoms with E-state index in [2.05, 4.69) is 6.92 Å². The first-order valence-corrected chi connectivity index (χ1v) is 4.70. The Morgan fingerprint density at radius 3 is 3.08 bits per heavy atom. The zero-order chi connectivity index (χ0) is 8.81. The lowest BCUT2D eigenvalue weighted by atomic mass is 10.2. The smallest absolute Gasteiger partial charge is 0.333 e. The third kappa shape index (κ3) is 2.68. The van der Waals surface area contributed by atoms with E-state index in [1.807, 2.05) is 6.08 Å². The minimum atomic E-state index is -0.0963. The summed E-state index contributed by atoms with van der Waals surface area (Å²) >= 11 is 0. The van der Waals surface area contributed by atoms with Gasteiger partial charge in [-0.2, -0.15) is 0 Å². The fourth-order valence-electron chi connectivity index (χ4n) is 1.26. The van der Waals surface area contributed by atoms with E-state index in [1.54, 1.807) is 0 Å². The number of allylic oxidation sites excluding steroid dienone is 1. The molecule has 0 bridgehead atoms. The molecule has 0 N–H and O–H groups in total. The average molecular weight is 168 g/mol. The molecule has 0 atom stereocenters. The summed E-state index contributed by atoms with van der Waals surface area (Å²) in [6.07, 6.45) is 7.10. The van der Waals surface area contributed by atoms with Crippen molar-refractivity contribution in [3.63, 3.8) is 0 Å². The van der Waals surface area contributed by atoms with Crippen LogP contribution in [0.15, 0.2) is 11.6 Å². The number of rotatable bonds is 4. The molecule has 0 saturated carbocycles. The lowest BCUT2D eigenvalue weighted by molar-refractivity contribution is -0.139. The van der Waals surface area contributed by atoms with E-state index in [1.165, 1.54) is 0 Å². The predicted octanol–water partition coefficient (Wildman–Crippen LogP) is 2.44. The Balaban J connectivity index is 2.19. The Labute approximate surface area is 73.6 Å². The summed E-state index contributed by atoms with van der Waals surface area (Å²) in [5.74, 6) is -0.0963. The first kappa shape index (κ1) is 9.30. The van der Waals surface area contributed by atoms with Crippen molar-refractivity contribution < 1.29 is 9.53 Å². The molecule has 1 aliphatic carbocycles. The van der Waals surface area contributed by atoms with Crippen molar-refractivity contribution in [1.29, 1.82) is 0 Å². The third-order valence-electron chi connectivity index (χ3n) is 2.03. The molecule has 0 fully saturated rings. The molecule has 0 aliphatic heterocycles. The van der Waals surface area contributed by atoms with E-state index in [0.717, 1.165) is 37.7 Å². The minimum absolute atomic E-state index is 0.0963. The van der Waals surface area contributed by atoms with Crippen LogP contribution in [-0.4, -0.2) is 12.6 Å². The molecule has 0 spiro atoms. The maximum absolute atomic E-state index is 11.2. The van der Waals surface area contributed by atoms with Crippen LogP contribution in [0.5, 0.6) is 0 Å². The van der Waals surface area contributed by atoms with Gasteiger partial charge in [-0.05, 0) is 25.7 Å². The van der Waals surface area contributed by atoms with Gasteiger partial charge in [0.2, 0.25) is 0 Å². The van der Waals surface area contributed by atoms with Crippen molar-refractivity contribution in [2.75, 3.05) is 6.61 Å². The van der Waals surface area contributed by atoms with Crippen molar-refractivity contribution in [3.05, 3.63) is 11.6 Å². The van der Waals surface area contributed by atoms with Gasteiger partial charge >= 0.3 is 5.97 Å². The van der Waals surface area contributed by atoms with Crippen LogP contribution in [0, 0.1) is 0 Å². The lowest BCUT2D eigenvalue weighted by Gasteiger charge is -2.03. The van der Waals surface area contributed by atoms with E-state index in [4.69, 9.17) is 4.74 Å². The van der Waals surface area contributed by atoms with E-state index < -0.39 is 0 Å². The van der Waals surface area contributed by atoms with Crippen LogP contribution in [-0.2, 0) is 9.53 Å². The molecule has 0 aromatic carbocycles. The molecule has 0 amide bonds. The molecule has 68 valence electrons. The first-order valence-electron chi connectivity index (χ1n) is 4.70. The standard InChI is InChI=1S/C10H16O2/c1-2-3-8-12-10(11)9-6-4-5-7-9/h6H,2-5,7-8H2,1H3. The van der Waals surface area contributed by atoms with Gasteiger partial charge in [0.15, 0.2) is 0 Å². The van der Waals surface area contributed by atoms with Gasteiger partial charge in [0.1, 0.15) is 0 Å². The second kappa shape index (κ2) is 4.96. The maximum Gasteiger partial charge on any atom is 0.333 e.